The van der Waals surface area contributed by atoms with Crippen molar-refractivity contribution >= 4 is 11.7 Å². The van der Waals surface area contributed by atoms with Gasteiger partial charge in [0.2, 0.25) is 5.91 Å². The van der Waals surface area contributed by atoms with Gasteiger partial charge in [-0.05, 0) is 19.3 Å². The van der Waals surface area contributed by atoms with Crippen LogP contribution in [0.5, 0.6) is 0 Å². The number of ketones is 1. The second kappa shape index (κ2) is 3.25. The molecule has 68 valence electrons. The van der Waals surface area contributed by atoms with Crippen LogP contribution in [0.2, 0.25) is 0 Å². The smallest absolute Gasteiger partial charge is 0.217 e. The van der Waals surface area contributed by atoms with Gasteiger partial charge in [-0.25, -0.2) is 0 Å². The minimum Gasteiger partial charge on any atom is -0.344 e. The number of nitrogens with one attached hydrogen (secondary N) is 1. The molecule has 3 heteroatoms. The highest BCUT2D eigenvalue weighted by Crippen LogP contribution is 2.28. The zero-order valence-corrected chi connectivity index (χ0v) is 7.64. The first-order valence-electron chi connectivity index (χ1n) is 4.43. The van der Waals surface area contributed by atoms with Crippen LogP contribution in [-0.4, -0.2) is 17.2 Å². The van der Waals surface area contributed by atoms with Gasteiger partial charge in [-0.1, -0.05) is 6.92 Å². The average molecular weight is 169 g/mol. The Hall–Kier alpha value is -0.860. The third-order valence-electron chi connectivity index (χ3n) is 2.56. The summed E-state index contributed by atoms with van der Waals surface area (Å²) in [6.45, 7) is 3.40. The average Bonchev–Trinajstić information content (AvgIpc) is 2.32. The highest BCUT2D eigenvalue weighted by Gasteiger charge is 2.40. The summed E-state index contributed by atoms with van der Waals surface area (Å²) in [6, 6.07) is 0. The Morgan fingerprint density at radius 2 is 2.33 bits per heavy atom. The van der Waals surface area contributed by atoms with Crippen molar-refractivity contribution in [1.82, 2.24) is 5.32 Å². The van der Waals surface area contributed by atoms with Crippen LogP contribution in [0.15, 0.2) is 0 Å². The van der Waals surface area contributed by atoms with Gasteiger partial charge in [-0.2, -0.15) is 0 Å². The van der Waals surface area contributed by atoms with E-state index in [4.69, 9.17) is 0 Å². The molecule has 0 aromatic carbocycles. The Labute approximate surface area is 72.5 Å². The Bertz CT molecular complexity index is 213. The van der Waals surface area contributed by atoms with Gasteiger partial charge in [-0.15, -0.1) is 0 Å². The molecule has 1 N–H and O–H groups in total. The molecule has 0 aromatic rings. The van der Waals surface area contributed by atoms with Crippen LogP contribution in [-0.2, 0) is 9.59 Å². The zero-order chi connectivity index (χ0) is 9.19. The first kappa shape index (κ1) is 9.23. The van der Waals surface area contributed by atoms with Gasteiger partial charge in [0.05, 0.1) is 5.54 Å². The Morgan fingerprint density at radius 1 is 1.67 bits per heavy atom. The van der Waals surface area contributed by atoms with Crippen LogP contribution >= 0.6 is 0 Å². The van der Waals surface area contributed by atoms with Crippen molar-refractivity contribution in [3.05, 3.63) is 0 Å². The van der Waals surface area contributed by atoms with Crippen LogP contribution < -0.4 is 5.32 Å². The quantitative estimate of drug-likeness (QED) is 0.671. The summed E-state index contributed by atoms with van der Waals surface area (Å²) in [5, 5.41) is 2.77. The summed E-state index contributed by atoms with van der Waals surface area (Å²) >= 11 is 0. The van der Waals surface area contributed by atoms with E-state index in [0.29, 0.717) is 12.8 Å². The summed E-state index contributed by atoms with van der Waals surface area (Å²) in [6.07, 6.45) is 3.05. The van der Waals surface area contributed by atoms with Crippen LogP contribution in [0.4, 0.5) is 0 Å². The van der Waals surface area contributed by atoms with Gasteiger partial charge in [0.1, 0.15) is 0 Å². The highest BCUT2D eigenvalue weighted by atomic mass is 16.2. The van der Waals surface area contributed by atoms with E-state index in [1.54, 1.807) is 0 Å². The van der Waals surface area contributed by atoms with Gasteiger partial charge in [0, 0.05) is 13.3 Å². The molecule has 0 radical (unpaired) electrons. The molecule has 12 heavy (non-hydrogen) atoms. The second-order valence-corrected chi connectivity index (χ2v) is 3.39. The van der Waals surface area contributed by atoms with Crippen molar-refractivity contribution in [3.63, 3.8) is 0 Å². The molecule has 1 atom stereocenters. The molecular weight excluding hydrogens is 154 g/mol. The van der Waals surface area contributed by atoms with Gasteiger partial charge >= 0.3 is 0 Å². The number of carbonyl (C=O) groups excluding carboxylic acids is 2. The van der Waals surface area contributed by atoms with E-state index < -0.39 is 5.54 Å². The Kier molecular flexibility index (Phi) is 2.50. The molecule has 1 rings (SSSR count). The van der Waals surface area contributed by atoms with Gasteiger partial charge < -0.3 is 5.32 Å². The summed E-state index contributed by atoms with van der Waals surface area (Å²) < 4.78 is 0. The number of Topliss-reactive ketones (excluding diaryl/α,β-unsaturated/α-hetero) is 1. The molecule has 1 saturated carbocycles. The summed E-state index contributed by atoms with van der Waals surface area (Å²) in [4.78, 5) is 22.3. The zero-order valence-electron chi connectivity index (χ0n) is 7.64. The van der Waals surface area contributed by atoms with Crippen LogP contribution in [0, 0.1) is 0 Å². The fraction of sp³-hybridized carbons (Fsp3) is 0.778. The SMILES string of the molecule is CCC1(NC(C)=O)CCCC1=O. The van der Waals surface area contributed by atoms with E-state index in [0.717, 1.165) is 12.8 Å². The largest absolute Gasteiger partial charge is 0.344 e. The third-order valence-corrected chi connectivity index (χ3v) is 2.56. The number of carbonyl (C=O) groups is 2. The maximum atomic E-state index is 11.4. The molecule has 1 aliphatic carbocycles. The monoisotopic (exact) mass is 169 g/mol. The van der Waals surface area contributed by atoms with E-state index in [9.17, 15) is 9.59 Å². The number of amides is 1. The van der Waals surface area contributed by atoms with Gasteiger partial charge in [-0.3, -0.25) is 9.59 Å². The van der Waals surface area contributed by atoms with Crippen molar-refractivity contribution < 1.29 is 9.59 Å². The standard InChI is InChI=1S/C9H15NO2/c1-3-9(10-7(2)11)6-4-5-8(9)12/h3-6H2,1-2H3,(H,10,11). The topological polar surface area (TPSA) is 46.2 Å². The lowest BCUT2D eigenvalue weighted by Crippen LogP contribution is -2.50. The molecule has 1 fully saturated rings. The molecule has 1 unspecified atom stereocenters. The van der Waals surface area contributed by atoms with Crippen molar-refractivity contribution in [2.75, 3.05) is 0 Å². The molecule has 0 aromatic heterocycles. The minimum absolute atomic E-state index is 0.105. The van der Waals surface area contributed by atoms with Crippen LogP contribution in [0.1, 0.15) is 39.5 Å². The van der Waals surface area contributed by atoms with E-state index in [2.05, 4.69) is 5.32 Å². The highest BCUT2D eigenvalue weighted by molar-refractivity contribution is 5.94. The second-order valence-electron chi connectivity index (χ2n) is 3.39. The van der Waals surface area contributed by atoms with Crippen molar-refractivity contribution in [2.45, 2.75) is 45.1 Å². The lowest BCUT2D eigenvalue weighted by atomic mass is 9.93. The molecular formula is C9H15NO2. The van der Waals surface area contributed by atoms with Gasteiger partial charge in [0.25, 0.3) is 0 Å². The maximum absolute atomic E-state index is 11.4. The number of rotatable bonds is 2. The Morgan fingerprint density at radius 3 is 2.67 bits per heavy atom. The van der Waals surface area contributed by atoms with Crippen molar-refractivity contribution in [2.24, 2.45) is 0 Å². The van der Waals surface area contributed by atoms with E-state index in [1.807, 2.05) is 6.92 Å². The van der Waals surface area contributed by atoms with E-state index >= 15 is 0 Å². The molecule has 1 amide bonds. The molecule has 1 aliphatic rings. The summed E-state index contributed by atoms with van der Waals surface area (Å²) in [5.41, 5.74) is -0.522. The molecule has 0 heterocycles. The minimum atomic E-state index is -0.522. The lowest BCUT2D eigenvalue weighted by Gasteiger charge is -2.26. The number of hydrogen-bond donors (Lipinski definition) is 1. The van der Waals surface area contributed by atoms with Crippen molar-refractivity contribution in [3.8, 4) is 0 Å². The summed E-state index contributed by atoms with van der Waals surface area (Å²) in [7, 11) is 0. The summed E-state index contributed by atoms with van der Waals surface area (Å²) in [5.74, 6) is 0.0901. The fourth-order valence-corrected chi connectivity index (χ4v) is 1.86. The molecule has 0 spiro atoms. The molecule has 0 aliphatic heterocycles. The maximum Gasteiger partial charge on any atom is 0.217 e. The molecule has 0 bridgehead atoms. The van der Waals surface area contributed by atoms with Crippen LogP contribution in [0.25, 0.3) is 0 Å². The predicted molar refractivity (Wildman–Crippen MR) is 45.7 cm³/mol. The molecule has 3 nitrogen and oxygen atoms in total. The third kappa shape index (κ3) is 1.49. The predicted octanol–water partition coefficient (Wildman–Crippen LogP) is 1.02. The molecule has 0 saturated heterocycles. The van der Waals surface area contributed by atoms with Gasteiger partial charge in [0.15, 0.2) is 5.78 Å². The van der Waals surface area contributed by atoms with E-state index in [-0.39, 0.29) is 11.7 Å². The number of hydrogen-bond acceptors (Lipinski definition) is 2. The normalized spacial score (nSPS) is 29.0. The first-order chi connectivity index (χ1) is 5.60. The first-order valence-corrected chi connectivity index (χ1v) is 4.43. The Balaban J connectivity index is 2.74. The fourth-order valence-electron chi connectivity index (χ4n) is 1.86. The van der Waals surface area contributed by atoms with Crippen LogP contribution in [0.3, 0.4) is 0 Å². The lowest BCUT2D eigenvalue weighted by molar-refractivity contribution is -0.129. The van der Waals surface area contributed by atoms with E-state index in [1.165, 1.54) is 6.92 Å². The van der Waals surface area contributed by atoms with Crippen molar-refractivity contribution in [1.29, 1.82) is 0 Å².